The van der Waals surface area contributed by atoms with Crippen molar-refractivity contribution in [3.05, 3.63) is 29.6 Å². The Morgan fingerprint density at radius 2 is 2.24 bits per heavy atom. The fraction of sp³-hybridized carbons (Fsp3) is 0.462. The predicted molar refractivity (Wildman–Crippen MR) is 69.7 cm³/mol. The van der Waals surface area contributed by atoms with Gasteiger partial charge in [0.1, 0.15) is 0 Å². The van der Waals surface area contributed by atoms with E-state index in [2.05, 4.69) is 0 Å². The lowest BCUT2D eigenvalue weighted by Crippen LogP contribution is -2.21. The van der Waals surface area contributed by atoms with Crippen molar-refractivity contribution >= 4 is 17.2 Å². The first-order chi connectivity index (χ1) is 8.02. The van der Waals surface area contributed by atoms with Crippen LogP contribution in [-0.4, -0.2) is 11.6 Å². The molecule has 2 rings (SSSR count). The number of hydrogen-bond acceptors (Lipinski definition) is 2. The van der Waals surface area contributed by atoms with Gasteiger partial charge in [0.05, 0.1) is 11.6 Å². The normalized spacial score (nSPS) is 16.6. The minimum atomic E-state index is -0.279. The molecule has 0 heterocycles. The van der Waals surface area contributed by atoms with E-state index < -0.39 is 0 Å². The summed E-state index contributed by atoms with van der Waals surface area (Å²) in [4.78, 5) is 0.510. The molecule has 0 spiro atoms. The smallest absolute Gasteiger partial charge is 0.167 e. The third-order valence-electron chi connectivity index (χ3n) is 3.20. The molecule has 0 aliphatic heterocycles. The number of nitrogens with two attached hydrogens (primary N) is 1. The van der Waals surface area contributed by atoms with Crippen LogP contribution < -0.4 is 10.5 Å². The molecule has 0 aromatic heterocycles. The molecule has 0 atom stereocenters. The molecule has 0 bridgehead atoms. The van der Waals surface area contributed by atoms with E-state index in [9.17, 15) is 4.39 Å². The van der Waals surface area contributed by atoms with Crippen molar-refractivity contribution < 1.29 is 9.13 Å². The van der Waals surface area contributed by atoms with E-state index in [0.717, 1.165) is 12.8 Å². The maximum absolute atomic E-state index is 13.7. The zero-order valence-electron chi connectivity index (χ0n) is 9.83. The van der Waals surface area contributed by atoms with Gasteiger partial charge in [0, 0.05) is 11.8 Å². The van der Waals surface area contributed by atoms with Gasteiger partial charge in [0.2, 0.25) is 0 Å². The molecule has 4 heteroatoms. The zero-order valence-corrected chi connectivity index (χ0v) is 10.6. The molecular weight excluding hydrogens is 237 g/mol. The van der Waals surface area contributed by atoms with Crippen LogP contribution in [0.5, 0.6) is 5.75 Å². The van der Waals surface area contributed by atoms with E-state index in [-0.39, 0.29) is 11.2 Å². The highest BCUT2D eigenvalue weighted by molar-refractivity contribution is 7.80. The maximum atomic E-state index is 13.7. The standard InChI is InChI=1S/C13H16FNOS/c1-9-3-2-4-10(12(9)14)16-8-13(5-6-13)7-11(15)17/h2-4H,5-8H2,1H3,(H2,15,17). The summed E-state index contributed by atoms with van der Waals surface area (Å²) in [5.41, 5.74) is 6.20. The molecule has 2 nitrogen and oxygen atoms in total. The molecule has 0 amide bonds. The highest BCUT2D eigenvalue weighted by atomic mass is 32.1. The number of hydrogen-bond donors (Lipinski definition) is 1. The summed E-state index contributed by atoms with van der Waals surface area (Å²) in [5.74, 6) is 0.0397. The van der Waals surface area contributed by atoms with Crippen molar-refractivity contribution in [2.24, 2.45) is 11.1 Å². The summed E-state index contributed by atoms with van der Waals surface area (Å²) < 4.78 is 19.2. The molecule has 1 aliphatic carbocycles. The second-order valence-corrected chi connectivity index (χ2v) is 5.34. The lowest BCUT2D eigenvalue weighted by Gasteiger charge is -2.16. The van der Waals surface area contributed by atoms with Gasteiger partial charge in [-0.1, -0.05) is 24.4 Å². The summed E-state index contributed by atoms with van der Waals surface area (Å²) in [7, 11) is 0. The average Bonchev–Trinajstić information content (AvgIpc) is 3.00. The Bertz CT molecular complexity index is 443. The SMILES string of the molecule is Cc1cccc(OCC2(CC(N)=S)CC2)c1F. The van der Waals surface area contributed by atoms with Crippen molar-refractivity contribution in [3.63, 3.8) is 0 Å². The van der Waals surface area contributed by atoms with E-state index in [1.807, 2.05) is 0 Å². The first-order valence-electron chi connectivity index (χ1n) is 5.69. The first kappa shape index (κ1) is 12.3. The van der Waals surface area contributed by atoms with Crippen LogP contribution in [-0.2, 0) is 0 Å². The van der Waals surface area contributed by atoms with Crippen LogP contribution in [0.4, 0.5) is 4.39 Å². The van der Waals surface area contributed by atoms with E-state index in [1.165, 1.54) is 0 Å². The lowest BCUT2D eigenvalue weighted by molar-refractivity contribution is 0.229. The minimum Gasteiger partial charge on any atom is -0.490 e. The molecule has 1 saturated carbocycles. The zero-order chi connectivity index (χ0) is 12.5. The van der Waals surface area contributed by atoms with Crippen LogP contribution in [0.3, 0.4) is 0 Å². The van der Waals surface area contributed by atoms with Crippen LogP contribution >= 0.6 is 12.2 Å². The van der Waals surface area contributed by atoms with Crippen molar-refractivity contribution in [2.75, 3.05) is 6.61 Å². The summed E-state index contributed by atoms with van der Waals surface area (Å²) >= 11 is 4.91. The Labute approximate surface area is 106 Å². The molecule has 0 radical (unpaired) electrons. The van der Waals surface area contributed by atoms with Gasteiger partial charge in [0.25, 0.3) is 0 Å². The molecule has 17 heavy (non-hydrogen) atoms. The molecule has 1 aromatic rings. The summed E-state index contributed by atoms with van der Waals surface area (Å²) in [6.45, 7) is 2.22. The molecule has 1 fully saturated rings. The molecule has 0 unspecified atom stereocenters. The van der Waals surface area contributed by atoms with Crippen molar-refractivity contribution in [1.82, 2.24) is 0 Å². The third-order valence-corrected chi connectivity index (χ3v) is 3.34. The van der Waals surface area contributed by atoms with E-state index >= 15 is 0 Å². The second-order valence-electron chi connectivity index (χ2n) is 4.82. The summed E-state index contributed by atoms with van der Waals surface area (Å²) in [6, 6.07) is 5.17. The number of aryl methyl sites for hydroxylation is 1. The maximum Gasteiger partial charge on any atom is 0.167 e. The largest absolute Gasteiger partial charge is 0.490 e. The quantitative estimate of drug-likeness (QED) is 0.819. The van der Waals surface area contributed by atoms with Crippen molar-refractivity contribution in [2.45, 2.75) is 26.2 Å². The van der Waals surface area contributed by atoms with Gasteiger partial charge in [-0.15, -0.1) is 0 Å². The van der Waals surface area contributed by atoms with Gasteiger partial charge in [0.15, 0.2) is 11.6 Å². The monoisotopic (exact) mass is 253 g/mol. The Balaban J connectivity index is 1.98. The van der Waals surface area contributed by atoms with Crippen LogP contribution in [0.15, 0.2) is 18.2 Å². The Hall–Kier alpha value is -1.16. The number of rotatable bonds is 5. The average molecular weight is 253 g/mol. The van der Waals surface area contributed by atoms with Crippen LogP contribution in [0, 0.1) is 18.2 Å². The van der Waals surface area contributed by atoms with E-state index in [1.54, 1.807) is 25.1 Å². The molecule has 1 aromatic carbocycles. The summed E-state index contributed by atoms with van der Waals surface area (Å²) in [6.07, 6.45) is 2.80. The summed E-state index contributed by atoms with van der Waals surface area (Å²) in [5, 5.41) is 0. The van der Waals surface area contributed by atoms with E-state index in [0.29, 0.717) is 29.3 Å². The number of ether oxygens (including phenoxy) is 1. The minimum absolute atomic E-state index is 0.0576. The van der Waals surface area contributed by atoms with Gasteiger partial charge in [-0.3, -0.25) is 0 Å². The highest BCUT2D eigenvalue weighted by Gasteiger charge is 2.44. The topological polar surface area (TPSA) is 35.2 Å². The molecular formula is C13H16FNOS. The highest BCUT2D eigenvalue weighted by Crippen LogP contribution is 2.49. The van der Waals surface area contributed by atoms with Crippen LogP contribution in [0.1, 0.15) is 24.8 Å². The molecule has 0 saturated heterocycles. The third kappa shape index (κ3) is 2.94. The van der Waals surface area contributed by atoms with Gasteiger partial charge < -0.3 is 10.5 Å². The molecule has 1 aliphatic rings. The lowest BCUT2D eigenvalue weighted by atomic mass is 10.0. The van der Waals surface area contributed by atoms with Crippen molar-refractivity contribution in [3.8, 4) is 5.75 Å². The Kier molecular flexibility index (Phi) is 3.33. The van der Waals surface area contributed by atoms with Gasteiger partial charge >= 0.3 is 0 Å². The Morgan fingerprint density at radius 1 is 1.53 bits per heavy atom. The first-order valence-corrected chi connectivity index (χ1v) is 6.09. The van der Waals surface area contributed by atoms with Crippen LogP contribution in [0.2, 0.25) is 0 Å². The van der Waals surface area contributed by atoms with Crippen LogP contribution in [0.25, 0.3) is 0 Å². The number of halogens is 1. The predicted octanol–water partition coefficient (Wildman–Crippen LogP) is 2.97. The molecule has 2 N–H and O–H groups in total. The second kappa shape index (κ2) is 4.61. The fourth-order valence-electron chi connectivity index (χ4n) is 1.88. The number of benzene rings is 1. The van der Waals surface area contributed by atoms with E-state index in [4.69, 9.17) is 22.7 Å². The van der Waals surface area contributed by atoms with Crippen molar-refractivity contribution in [1.29, 1.82) is 0 Å². The van der Waals surface area contributed by atoms with Gasteiger partial charge in [-0.05, 0) is 31.4 Å². The number of thiocarbonyl (C=S) groups is 1. The van der Waals surface area contributed by atoms with Gasteiger partial charge in [-0.2, -0.15) is 0 Å². The fourth-order valence-corrected chi connectivity index (χ4v) is 2.19. The van der Waals surface area contributed by atoms with Gasteiger partial charge in [-0.25, -0.2) is 4.39 Å². The molecule has 92 valence electrons. The Morgan fingerprint density at radius 3 is 2.82 bits per heavy atom.